The number of hydrogen-bond acceptors (Lipinski definition) is 5. The van der Waals surface area contributed by atoms with Gasteiger partial charge in [0.05, 0.1) is 12.7 Å². The Kier molecular flexibility index (Phi) is 6.63. The van der Waals surface area contributed by atoms with Crippen LogP contribution in [-0.4, -0.2) is 53.1 Å². The number of aromatic amines is 1. The molecule has 1 saturated heterocycles. The second-order valence-corrected chi connectivity index (χ2v) is 9.15. The minimum Gasteiger partial charge on any atom is -0.373 e. The minimum atomic E-state index is -0.309. The molecule has 1 unspecified atom stereocenters. The molecule has 0 aromatic carbocycles. The molecule has 9 heteroatoms. The Labute approximate surface area is 183 Å². The molecule has 162 valence electrons. The Morgan fingerprint density at radius 3 is 2.38 bits per heavy atom. The van der Waals surface area contributed by atoms with Crippen molar-refractivity contribution in [3.05, 3.63) is 27.9 Å². The lowest BCUT2D eigenvalue weighted by Crippen LogP contribution is -2.51. The van der Waals surface area contributed by atoms with Crippen molar-refractivity contribution in [2.45, 2.75) is 50.0 Å². The number of halogens is 2. The van der Waals surface area contributed by atoms with E-state index in [0.717, 1.165) is 42.8 Å². The topological polar surface area (TPSA) is 101 Å². The molecule has 3 N–H and O–H groups in total. The normalized spacial score (nSPS) is 35.0. The highest BCUT2D eigenvalue weighted by molar-refractivity contribution is 5.93. The molecule has 1 aromatic rings. The molecule has 1 amide bonds. The summed E-state index contributed by atoms with van der Waals surface area (Å²) < 4.78 is 5.51. The molecule has 6 rings (SSSR count). The first-order valence-corrected chi connectivity index (χ1v) is 10.3. The molecule has 4 saturated carbocycles. The van der Waals surface area contributed by atoms with Crippen molar-refractivity contribution in [2.24, 2.45) is 23.5 Å². The summed E-state index contributed by atoms with van der Waals surface area (Å²) in [4.78, 5) is 34.9. The molecule has 4 aliphatic carbocycles. The van der Waals surface area contributed by atoms with E-state index in [9.17, 15) is 9.59 Å². The summed E-state index contributed by atoms with van der Waals surface area (Å²) in [7, 11) is 0. The predicted octanol–water partition coefficient (Wildman–Crippen LogP) is 1.88. The summed E-state index contributed by atoms with van der Waals surface area (Å²) in [6.07, 6.45) is 8.78. The van der Waals surface area contributed by atoms with Gasteiger partial charge in [-0.05, 0) is 56.3 Å². The second-order valence-electron chi connectivity index (χ2n) is 9.15. The van der Waals surface area contributed by atoms with Crippen LogP contribution in [0.15, 0.2) is 11.0 Å². The number of carbonyl (C=O) groups excluding carboxylic acids is 1. The van der Waals surface area contributed by atoms with Gasteiger partial charge in [-0.25, -0.2) is 4.98 Å². The third-order valence-electron chi connectivity index (χ3n) is 7.26. The van der Waals surface area contributed by atoms with E-state index < -0.39 is 0 Å². The average molecular weight is 445 g/mol. The van der Waals surface area contributed by atoms with Gasteiger partial charge >= 0.3 is 0 Å². The quantitative estimate of drug-likeness (QED) is 0.740. The van der Waals surface area contributed by atoms with Crippen LogP contribution < -0.4 is 11.3 Å². The monoisotopic (exact) mass is 444 g/mol. The molecule has 29 heavy (non-hydrogen) atoms. The molecule has 1 atom stereocenters. The summed E-state index contributed by atoms with van der Waals surface area (Å²) >= 11 is 0. The average Bonchev–Trinajstić information content (AvgIpc) is 2.66. The molecular formula is C20H30Cl2N4O3. The lowest BCUT2D eigenvalue weighted by Gasteiger charge is -2.56. The largest absolute Gasteiger partial charge is 0.373 e. The third-order valence-corrected chi connectivity index (χ3v) is 7.26. The van der Waals surface area contributed by atoms with Gasteiger partial charge in [0.15, 0.2) is 0 Å². The fraction of sp³-hybridized carbons (Fsp3) is 0.750. The van der Waals surface area contributed by atoms with Crippen LogP contribution in [0, 0.1) is 17.8 Å². The fourth-order valence-corrected chi connectivity index (χ4v) is 6.43. The highest BCUT2D eigenvalue weighted by Crippen LogP contribution is 2.59. The zero-order chi connectivity index (χ0) is 18.6. The van der Waals surface area contributed by atoms with Gasteiger partial charge in [-0.1, -0.05) is 0 Å². The van der Waals surface area contributed by atoms with E-state index in [1.807, 2.05) is 0 Å². The van der Waals surface area contributed by atoms with Gasteiger partial charge in [0.1, 0.15) is 11.4 Å². The number of hydrogen-bond donors (Lipinski definition) is 2. The zero-order valence-corrected chi connectivity index (χ0v) is 18.1. The molecule has 0 spiro atoms. The van der Waals surface area contributed by atoms with Gasteiger partial charge in [-0.3, -0.25) is 9.59 Å². The third kappa shape index (κ3) is 3.94. The number of morpholine rings is 1. The summed E-state index contributed by atoms with van der Waals surface area (Å²) in [6, 6.07) is 0. The number of ether oxygens (including phenoxy) is 1. The van der Waals surface area contributed by atoms with Gasteiger partial charge in [0.2, 0.25) is 0 Å². The summed E-state index contributed by atoms with van der Waals surface area (Å²) in [6.45, 7) is 1.71. The summed E-state index contributed by atoms with van der Waals surface area (Å²) in [5.74, 6) is 2.88. The number of nitrogens with zero attached hydrogens (tertiary/aromatic N) is 2. The maximum Gasteiger partial charge on any atom is 0.263 e. The number of nitrogens with two attached hydrogens (primary N) is 1. The maximum atomic E-state index is 12.8. The molecule has 1 aliphatic heterocycles. The van der Waals surface area contributed by atoms with E-state index in [-0.39, 0.29) is 53.4 Å². The number of H-pyrrole nitrogens is 1. The van der Waals surface area contributed by atoms with Crippen molar-refractivity contribution >= 4 is 30.7 Å². The van der Waals surface area contributed by atoms with Crippen LogP contribution in [0.3, 0.4) is 0 Å². The highest BCUT2D eigenvalue weighted by Gasteiger charge is 2.53. The van der Waals surface area contributed by atoms with Crippen LogP contribution in [0.4, 0.5) is 0 Å². The molecule has 0 radical (unpaired) electrons. The number of aromatic nitrogens is 2. The number of amides is 1. The van der Waals surface area contributed by atoms with E-state index in [4.69, 9.17) is 10.5 Å². The van der Waals surface area contributed by atoms with Crippen LogP contribution in [0.5, 0.6) is 0 Å². The Balaban J connectivity index is 0.00000120. The highest BCUT2D eigenvalue weighted by atomic mass is 35.5. The van der Waals surface area contributed by atoms with Gasteiger partial charge in [-0.15, -0.1) is 24.8 Å². The van der Waals surface area contributed by atoms with Crippen LogP contribution in [0.25, 0.3) is 0 Å². The first-order chi connectivity index (χ1) is 13.1. The molecule has 5 aliphatic rings. The smallest absolute Gasteiger partial charge is 0.263 e. The van der Waals surface area contributed by atoms with Crippen LogP contribution in [-0.2, 0) is 10.2 Å². The molecule has 5 fully saturated rings. The number of carbonyl (C=O) groups is 1. The zero-order valence-electron chi connectivity index (χ0n) is 16.5. The van der Waals surface area contributed by atoms with Crippen molar-refractivity contribution in [2.75, 3.05) is 26.2 Å². The number of nitrogens with one attached hydrogen (secondary N) is 1. The SMILES string of the molecule is Cl.Cl.NCC1CN(C(=O)c2cnc(C34CC5CC(CC(C5)C3)C4)[nH]c2=O)CCO1. The molecule has 1 aromatic heterocycles. The Morgan fingerprint density at radius 2 is 1.83 bits per heavy atom. The Bertz CT molecular complexity index is 780. The van der Waals surface area contributed by atoms with E-state index in [1.165, 1.54) is 25.5 Å². The van der Waals surface area contributed by atoms with E-state index in [2.05, 4.69) is 9.97 Å². The van der Waals surface area contributed by atoms with Crippen molar-refractivity contribution in [1.82, 2.24) is 14.9 Å². The molecule has 7 nitrogen and oxygen atoms in total. The standard InChI is InChI=1S/C20H28N4O3.2ClH/c21-9-15-11-24(1-2-27-15)18(26)16-10-22-19(23-17(16)25)20-6-12-3-13(7-20)5-14(4-12)8-20;;/h10,12-15H,1-9,11,21H2,(H,22,23,25);2*1H. The van der Waals surface area contributed by atoms with Crippen LogP contribution in [0.2, 0.25) is 0 Å². The minimum absolute atomic E-state index is 0. The van der Waals surface area contributed by atoms with Crippen molar-refractivity contribution in [3.8, 4) is 0 Å². The molecule has 2 heterocycles. The number of rotatable bonds is 3. The Morgan fingerprint density at radius 1 is 1.21 bits per heavy atom. The predicted molar refractivity (Wildman–Crippen MR) is 114 cm³/mol. The van der Waals surface area contributed by atoms with Crippen molar-refractivity contribution in [1.29, 1.82) is 0 Å². The fourth-order valence-electron chi connectivity index (χ4n) is 6.43. The first kappa shape index (κ1) is 22.5. The van der Waals surface area contributed by atoms with E-state index in [1.54, 1.807) is 4.90 Å². The van der Waals surface area contributed by atoms with Crippen molar-refractivity contribution < 1.29 is 9.53 Å². The van der Waals surface area contributed by atoms with Gasteiger partial charge in [-0.2, -0.15) is 0 Å². The summed E-state index contributed by atoms with van der Waals surface area (Å²) in [5, 5.41) is 0. The van der Waals surface area contributed by atoms with Gasteiger partial charge < -0.3 is 20.4 Å². The van der Waals surface area contributed by atoms with Crippen LogP contribution >= 0.6 is 24.8 Å². The molecule has 4 bridgehead atoms. The van der Waals surface area contributed by atoms with E-state index in [0.29, 0.717) is 26.2 Å². The first-order valence-electron chi connectivity index (χ1n) is 10.3. The molecular weight excluding hydrogens is 415 g/mol. The van der Waals surface area contributed by atoms with Gasteiger partial charge in [0, 0.05) is 31.2 Å². The Hall–Kier alpha value is -1.15. The van der Waals surface area contributed by atoms with Gasteiger partial charge in [0.25, 0.3) is 11.5 Å². The maximum absolute atomic E-state index is 12.8. The lowest BCUT2D eigenvalue weighted by atomic mass is 9.49. The van der Waals surface area contributed by atoms with E-state index >= 15 is 0 Å². The van der Waals surface area contributed by atoms with Crippen molar-refractivity contribution in [3.63, 3.8) is 0 Å². The second kappa shape index (κ2) is 8.53. The van der Waals surface area contributed by atoms with Crippen LogP contribution in [0.1, 0.15) is 54.7 Å². The summed E-state index contributed by atoms with van der Waals surface area (Å²) in [5.41, 5.74) is 5.50. The lowest BCUT2D eigenvalue weighted by molar-refractivity contribution is -0.0169.